The van der Waals surface area contributed by atoms with Gasteiger partial charge >= 0.3 is 0 Å². The average molecular weight is 601 g/mol. The number of methoxy groups -OCH3 is 1. The van der Waals surface area contributed by atoms with Gasteiger partial charge in [-0.1, -0.05) is 18.2 Å². The van der Waals surface area contributed by atoms with Crippen LogP contribution >= 0.6 is 0 Å². The fourth-order valence-corrected chi connectivity index (χ4v) is 5.39. The first-order chi connectivity index (χ1) is 20.6. The van der Waals surface area contributed by atoms with Gasteiger partial charge < -0.3 is 18.9 Å². The van der Waals surface area contributed by atoms with E-state index in [0.29, 0.717) is 33.4 Å². The average Bonchev–Trinajstić information content (AvgIpc) is 3.61. The Labute approximate surface area is 245 Å². The minimum absolute atomic E-state index is 0.192. The van der Waals surface area contributed by atoms with E-state index in [1.54, 1.807) is 12.1 Å². The third-order valence-corrected chi connectivity index (χ3v) is 8.32. The predicted molar refractivity (Wildman–Crippen MR) is 161 cm³/mol. The van der Waals surface area contributed by atoms with Gasteiger partial charge in [0.05, 0.1) is 35.9 Å². The zero-order valence-electron chi connectivity index (χ0n) is 23.5. The first-order valence-corrected chi connectivity index (χ1v) is 14.9. The molecule has 0 spiro atoms. The van der Waals surface area contributed by atoms with Gasteiger partial charge in [-0.2, -0.15) is 0 Å². The monoisotopic (exact) mass is 600 g/mol. The van der Waals surface area contributed by atoms with Crippen LogP contribution in [0.2, 0.25) is 0 Å². The first kappa shape index (κ1) is 27.9. The summed E-state index contributed by atoms with van der Waals surface area (Å²) < 4.78 is 58.0. The second-order valence-corrected chi connectivity index (χ2v) is 11.8. The summed E-state index contributed by atoms with van der Waals surface area (Å²) in [5.74, 6) is -0.0181. The molecule has 218 valence electrons. The van der Waals surface area contributed by atoms with Crippen LogP contribution in [0.15, 0.2) is 81.6 Å². The number of hydrogen-bond acceptors (Lipinski definition) is 8. The second kappa shape index (κ2) is 10.6. The van der Waals surface area contributed by atoms with E-state index in [2.05, 4.69) is 15.5 Å². The van der Waals surface area contributed by atoms with Crippen molar-refractivity contribution in [2.24, 2.45) is 0 Å². The highest BCUT2D eigenvalue weighted by atomic mass is 32.2. The normalized spacial score (nSPS) is 11.7. The minimum Gasteiger partial charge on any atom is -0.479 e. The number of carbonyl (C=O) groups is 1. The molecule has 1 amide bonds. The molecule has 43 heavy (non-hydrogen) atoms. The Morgan fingerprint density at radius 1 is 0.953 bits per heavy atom. The molecule has 0 unspecified atom stereocenters. The lowest BCUT2D eigenvalue weighted by atomic mass is 10.00. The second-order valence-electron chi connectivity index (χ2n) is 9.79. The molecule has 0 bridgehead atoms. The van der Waals surface area contributed by atoms with Crippen molar-refractivity contribution in [1.29, 1.82) is 0 Å². The summed E-state index contributed by atoms with van der Waals surface area (Å²) in [6.07, 6.45) is 1.07. The zero-order valence-corrected chi connectivity index (χ0v) is 24.3. The summed E-state index contributed by atoms with van der Waals surface area (Å²) in [6, 6.07) is 19.7. The van der Waals surface area contributed by atoms with Gasteiger partial charge in [-0.3, -0.25) is 9.10 Å². The van der Waals surface area contributed by atoms with Crippen LogP contribution < -0.4 is 14.4 Å². The highest BCUT2D eigenvalue weighted by molar-refractivity contribution is 7.92. The number of carbonyl (C=O) groups excluding carboxylic acids is 1. The number of sulfonamides is 1. The van der Waals surface area contributed by atoms with Gasteiger partial charge in [0, 0.05) is 42.1 Å². The molecule has 0 aliphatic rings. The number of ether oxygens (including phenoxy) is 1. The Bertz CT molecular complexity index is 2100. The van der Waals surface area contributed by atoms with Crippen LogP contribution in [-0.2, 0) is 10.0 Å². The summed E-state index contributed by atoms with van der Waals surface area (Å²) in [4.78, 5) is 13.2. The molecule has 6 aromatic rings. The summed E-state index contributed by atoms with van der Waals surface area (Å²) in [6.45, 7) is 0. The predicted octanol–water partition coefficient (Wildman–Crippen LogP) is 5.87. The van der Waals surface area contributed by atoms with Crippen LogP contribution in [0.4, 0.5) is 10.1 Å². The first-order valence-electron chi connectivity index (χ1n) is 13.0. The number of amides is 1. The standard InChI is InChI=1S/C31H25FN4O6S/c1-33-30(37)28-21-14-20(23-15-22(31(40-3)35-34-23)26-13-18-7-5-6-8-25(18)41-26)24(36(2)43(4,38)39)16-27(21)42-29(28)17-9-11-19(32)12-10-17/h5-16H,1-4H3,(H,33,37). The molecular formula is C31H25FN4O6S. The molecular weight excluding hydrogens is 575 g/mol. The number of furan rings is 2. The van der Waals surface area contributed by atoms with Crippen LogP contribution in [-0.4, -0.2) is 52.0 Å². The lowest BCUT2D eigenvalue weighted by Crippen LogP contribution is -2.25. The van der Waals surface area contributed by atoms with E-state index < -0.39 is 21.7 Å². The maximum absolute atomic E-state index is 13.7. The highest BCUT2D eigenvalue weighted by Crippen LogP contribution is 2.42. The van der Waals surface area contributed by atoms with E-state index in [9.17, 15) is 17.6 Å². The smallest absolute Gasteiger partial charge is 0.255 e. The number of fused-ring (bicyclic) bond motifs is 2. The summed E-state index contributed by atoms with van der Waals surface area (Å²) >= 11 is 0. The zero-order chi connectivity index (χ0) is 30.5. The Kier molecular flexibility index (Phi) is 6.85. The topological polar surface area (TPSA) is 128 Å². The molecule has 0 aliphatic carbocycles. The maximum atomic E-state index is 13.7. The Hall–Kier alpha value is -5.23. The molecule has 12 heteroatoms. The molecule has 0 atom stereocenters. The van der Waals surface area contributed by atoms with Gasteiger partial charge in [0.15, 0.2) is 0 Å². The fourth-order valence-electron chi connectivity index (χ4n) is 4.89. The van der Waals surface area contributed by atoms with Gasteiger partial charge in [0.2, 0.25) is 15.9 Å². The van der Waals surface area contributed by atoms with Crippen molar-refractivity contribution in [2.75, 3.05) is 31.8 Å². The van der Waals surface area contributed by atoms with Crippen molar-refractivity contribution in [2.45, 2.75) is 0 Å². The third-order valence-electron chi connectivity index (χ3n) is 7.12. The molecule has 3 aromatic heterocycles. The number of hydrogen-bond donors (Lipinski definition) is 1. The maximum Gasteiger partial charge on any atom is 0.255 e. The van der Waals surface area contributed by atoms with Gasteiger partial charge in [-0.25, -0.2) is 12.8 Å². The van der Waals surface area contributed by atoms with Crippen LogP contribution in [0.25, 0.3) is 55.8 Å². The van der Waals surface area contributed by atoms with Crippen LogP contribution in [0.3, 0.4) is 0 Å². The van der Waals surface area contributed by atoms with E-state index >= 15 is 0 Å². The van der Waals surface area contributed by atoms with Crippen LogP contribution in [0, 0.1) is 5.82 Å². The molecule has 0 saturated carbocycles. The van der Waals surface area contributed by atoms with Crippen molar-refractivity contribution >= 4 is 43.6 Å². The molecule has 0 fully saturated rings. The number of rotatable bonds is 7. The number of benzene rings is 3. The number of nitrogens with one attached hydrogen (secondary N) is 1. The molecule has 0 radical (unpaired) electrons. The quantitative estimate of drug-likeness (QED) is 0.241. The lowest BCUT2D eigenvalue weighted by Gasteiger charge is -2.20. The van der Waals surface area contributed by atoms with Gasteiger partial charge in [-0.05, 0) is 48.5 Å². The number of aromatic nitrogens is 2. The summed E-state index contributed by atoms with van der Waals surface area (Å²) in [7, 11) is 0.598. The Morgan fingerprint density at radius 2 is 1.70 bits per heavy atom. The molecule has 10 nitrogen and oxygen atoms in total. The largest absolute Gasteiger partial charge is 0.479 e. The van der Waals surface area contributed by atoms with Crippen molar-refractivity contribution in [3.63, 3.8) is 0 Å². The molecule has 0 saturated heterocycles. The van der Waals surface area contributed by atoms with E-state index in [1.165, 1.54) is 51.5 Å². The van der Waals surface area contributed by atoms with Gasteiger partial charge in [-0.15, -0.1) is 10.2 Å². The van der Waals surface area contributed by atoms with Crippen molar-refractivity contribution in [3.8, 4) is 39.8 Å². The SMILES string of the molecule is CNC(=O)c1c(-c2ccc(F)cc2)oc2cc(N(C)S(C)(=O)=O)c(-c3cc(-c4cc5ccccc5o4)c(OC)nn3)cc12. The number of anilines is 1. The van der Waals surface area contributed by atoms with Crippen molar-refractivity contribution in [3.05, 3.63) is 84.2 Å². The molecule has 3 aromatic carbocycles. The minimum atomic E-state index is -3.75. The fraction of sp³-hybridized carbons (Fsp3) is 0.129. The van der Waals surface area contributed by atoms with Crippen LogP contribution in [0.1, 0.15) is 10.4 Å². The molecule has 6 rings (SSSR count). The van der Waals surface area contributed by atoms with E-state index in [0.717, 1.165) is 15.9 Å². The Balaban J connectivity index is 1.64. The third kappa shape index (κ3) is 4.95. The van der Waals surface area contributed by atoms with Crippen LogP contribution in [0.5, 0.6) is 5.88 Å². The lowest BCUT2D eigenvalue weighted by molar-refractivity contribution is 0.0964. The summed E-state index contributed by atoms with van der Waals surface area (Å²) in [5, 5.41) is 12.5. The van der Waals surface area contributed by atoms with Crippen molar-refractivity contribution in [1.82, 2.24) is 15.5 Å². The summed E-state index contributed by atoms with van der Waals surface area (Å²) in [5.41, 5.74) is 2.92. The number of para-hydroxylation sites is 1. The van der Waals surface area contributed by atoms with E-state index in [4.69, 9.17) is 13.6 Å². The number of nitrogens with zero attached hydrogens (tertiary/aromatic N) is 3. The number of halogens is 1. The van der Waals surface area contributed by atoms with Crippen molar-refractivity contribution < 1.29 is 31.2 Å². The Morgan fingerprint density at radius 3 is 2.37 bits per heavy atom. The van der Waals surface area contributed by atoms with E-state index in [-0.39, 0.29) is 34.2 Å². The van der Waals surface area contributed by atoms with Gasteiger partial charge in [0.25, 0.3) is 5.91 Å². The van der Waals surface area contributed by atoms with E-state index in [1.807, 2.05) is 30.3 Å². The molecule has 0 aliphatic heterocycles. The molecule has 1 N–H and O–H groups in total. The molecule has 3 heterocycles. The van der Waals surface area contributed by atoms with Gasteiger partial charge in [0.1, 0.15) is 28.5 Å². The highest BCUT2D eigenvalue weighted by Gasteiger charge is 2.27.